The van der Waals surface area contributed by atoms with Crippen LogP contribution in [0.1, 0.15) is 56.9 Å². The number of aliphatic imine (C=N–C) groups is 1. The molecule has 2 aromatic heterocycles. The van der Waals surface area contributed by atoms with Gasteiger partial charge in [0.25, 0.3) is 0 Å². The van der Waals surface area contributed by atoms with Crippen LogP contribution in [0.15, 0.2) is 173 Å². The van der Waals surface area contributed by atoms with Crippen LogP contribution in [0.3, 0.4) is 0 Å². The molecule has 0 unspecified atom stereocenters. The van der Waals surface area contributed by atoms with Gasteiger partial charge < -0.3 is 8.98 Å². The monoisotopic (exact) mass is 738 g/mol. The predicted molar refractivity (Wildman–Crippen MR) is 243 cm³/mol. The Morgan fingerprint density at radius 1 is 0.684 bits per heavy atom. The van der Waals surface area contributed by atoms with Gasteiger partial charge in [0.1, 0.15) is 11.3 Å². The maximum atomic E-state index is 6.87. The number of para-hydroxylation sites is 1. The van der Waals surface area contributed by atoms with Crippen molar-refractivity contribution < 1.29 is 4.42 Å². The zero-order valence-corrected chi connectivity index (χ0v) is 32.9. The van der Waals surface area contributed by atoms with Crippen LogP contribution in [0.25, 0.3) is 78.9 Å². The maximum absolute atomic E-state index is 6.87. The highest BCUT2D eigenvalue weighted by Gasteiger charge is 2.20. The van der Waals surface area contributed by atoms with Crippen molar-refractivity contribution in [2.75, 3.05) is 0 Å². The summed E-state index contributed by atoms with van der Waals surface area (Å²) in [6, 6.07) is 47.9. The number of furan rings is 1. The van der Waals surface area contributed by atoms with E-state index in [0.717, 1.165) is 81.0 Å². The maximum Gasteiger partial charge on any atom is 0.160 e. The van der Waals surface area contributed by atoms with Gasteiger partial charge in [-0.25, -0.2) is 4.99 Å². The van der Waals surface area contributed by atoms with Crippen LogP contribution in [-0.2, 0) is 6.42 Å². The Bertz CT molecular complexity index is 3040. The number of hydrogen-bond acceptors (Lipinski definition) is 2. The third-order valence-corrected chi connectivity index (χ3v) is 11.3. The molecule has 0 bridgehead atoms. The SMILES string of the molecule is C=c1/c(=C(\N=C(C)c2ccccc2)C2=CC=CCC2)oc2c(-c3ccc4cc(-n5c6c(c7cc(-c8ccccc8)ccc75)C=CCC6)ccc4c3)cccc12.CC. The van der Waals surface area contributed by atoms with Crippen molar-refractivity contribution >= 4 is 56.7 Å². The number of benzene rings is 6. The Morgan fingerprint density at radius 2 is 1.44 bits per heavy atom. The lowest BCUT2D eigenvalue weighted by Gasteiger charge is -2.14. The smallest absolute Gasteiger partial charge is 0.160 e. The number of hydrogen-bond donors (Lipinski definition) is 0. The van der Waals surface area contributed by atoms with E-state index in [1.807, 2.05) is 19.9 Å². The molecule has 0 saturated heterocycles. The van der Waals surface area contributed by atoms with Crippen molar-refractivity contribution in [3.8, 4) is 27.9 Å². The Labute approximate surface area is 334 Å². The summed E-state index contributed by atoms with van der Waals surface area (Å²) < 4.78 is 9.34. The number of nitrogens with zero attached hydrogens (tertiary/aromatic N) is 2. The second-order valence-corrected chi connectivity index (χ2v) is 14.6. The third kappa shape index (κ3) is 6.59. The number of rotatable bonds is 6. The van der Waals surface area contributed by atoms with Crippen LogP contribution in [-0.4, -0.2) is 10.3 Å². The molecule has 3 heteroatoms. The minimum absolute atomic E-state index is 0.734. The standard InChI is InChI=1S/C52H40N2O.C2H6/c1-34-44-22-14-23-45(52(44)55-51(34)50(38-19-10-5-11-20-38)53-35(2)36-15-6-3-7-16-36)42-26-25-40-32-43(29-27-39(40)31-42)54-48-24-13-12-21-46(48)47-33-41(28-30-49(47)54)37-17-8-4-9-18-37;1-2/h3-10,12,14-19,21-23,25-33H,1,11,13,20,24H2,2H3;1-2H3/b51-50+,53-35?;. The summed E-state index contributed by atoms with van der Waals surface area (Å²) in [4.78, 5) is 5.22. The van der Waals surface area contributed by atoms with E-state index in [4.69, 9.17) is 9.41 Å². The Hall–Kier alpha value is -6.71. The van der Waals surface area contributed by atoms with Crippen LogP contribution in [0.4, 0.5) is 0 Å². The molecule has 10 rings (SSSR count). The number of aromatic nitrogens is 1. The molecule has 0 radical (unpaired) electrons. The fraction of sp³-hybridized carbons (Fsp3) is 0.130. The summed E-state index contributed by atoms with van der Waals surface area (Å²) in [5, 5.41) is 5.56. The van der Waals surface area contributed by atoms with E-state index in [0.29, 0.717) is 0 Å². The van der Waals surface area contributed by atoms with Crippen LogP contribution >= 0.6 is 0 Å². The summed E-state index contributed by atoms with van der Waals surface area (Å²) in [7, 11) is 0. The van der Waals surface area contributed by atoms with Gasteiger partial charge in [0, 0.05) is 44.2 Å². The van der Waals surface area contributed by atoms with Crippen molar-refractivity contribution in [2.24, 2.45) is 4.99 Å². The van der Waals surface area contributed by atoms with E-state index in [9.17, 15) is 0 Å². The second-order valence-electron chi connectivity index (χ2n) is 14.6. The largest absolute Gasteiger partial charge is 0.453 e. The molecule has 2 heterocycles. The molecule has 6 aromatic carbocycles. The summed E-state index contributed by atoms with van der Waals surface area (Å²) in [6.45, 7) is 10.6. The van der Waals surface area contributed by atoms with Gasteiger partial charge in [-0.1, -0.05) is 154 Å². The van der Waals surface area contributed by atoms with Gasteiger partial charge in [0.2, 0.25) is 0 Å². The first-order valence-corrected chi connectivity index (χ1v) is 20.3. The quantitative estimate of drug-likeness (QED) is 0.156. The Balaban J connectivity index is 0.00000208. The molecule has 8 aromatic rings. The molecule has 0 aliphatic heterocycles. The lowest BCUT2D eigenvalue weighted by molar-refractivity contribution is 0.572. The molecule has 0 fully saturated rings. The molecule has 3 nitrogen and oxygen atoms in total. The molecule has 2 aliphatic carbocycles. The average Bonchev–Trinajstić information content (AvgIpc) is 3.80. The van der Waals surface area contributed by atoms with Crippen LogP contribution in [0, 0.1) is 0 Å². The normalized spacial score (nSPS) is 14.4. The van der Waals surface area contributed by atoms with Crippen molar-refractivity contribution in [3.63, 3.8) is 0 Å². The summed E-state index contributed by atoms with van der Waals surface area (Å²) in [5.74, 6) is 0. The lowest BCUT2D eigenvalue weighted by atomic mass is 9.99. The van der Waals surface area contributed by atoms with Crippen molar-refractivity contribution in [3.05, 3.63) is 191 Å². The molecule has 278 valence electrons. The predicted octanol–water partition coefficient (Wildman–Crippen LogP) is 13.2. The first-order valence-electron chi connectivity index (χ1n) is 20.3. The molecule has 0 atom stereocenters. The Kier molecular flexibility index (Phi) is 9.74. The van der Waals surface area contributed by atoms with Crippen molar-refractivity contribution in [1.82, 2.24) is 4.57 Å². The van der Waals surface area contributed by atoms with Gasteiger partial charge in [0.05, 0.1) is 5.52 Å². The molecule has 0 spiro atoms. The van der Waals surface area contributed by atoms with E-state index in [1.165, 1.54) is 49.7 Å². The zero-order chi connectivity index (χ0) is 38.9. The molecular formula is C54H46N2O. The third-order valence-electron chi connectivity index (χ3n) is 11.3. The molecule has 0 amide bonds. The van der Waals surface area contributed by atoms with Crippen LogP contribution < -0.4 is 10.6 Å². The first kappa shape index (κ1) is 36.0. The molecular weight excluding hydrogens is 693 g/mol. The summed E-state index contributed by atoms with van der Waals surface area (Å²) in [5.41, 5.74) is 15.4. The van der Waals surface area contributed by atoms with E-state index in [-0.39, 0.29) is 0 Å². The zero-order valence-electron chi connectivity index (χ0n) is 32.9. The van der Waals surface area contributed by atoms with Gasteiger partial charge in [-0.15, -0.1) is 0 Å². The van der Waals surface area contributed by atoms with E-state index in [1.54, 1.807) is 0 Å². The second kappa shape index (κ2) is 15.4. The highest BCUT2D eigenvalue weighted by molar-refractivity contribution is 6.02. The van der Waals surface area contributed by atoms with Gasteiger partial charge in [0.15, 0.2) is 5.42 Å². The van der Waals surface area contributed by atoms with Crippen molar-refractivity contribution in [1.29, 1.82) is 0 Å². The topological polar surface area (TPSA) is 30.4 Å². The fourth-order valence-corrected chi connectivity index (χ4v) is 8.44. The van der Waals surface area contributed by atoms with Crippen LogP contribution in [0.2, 0.25) is 0 Å². The van der Waals surface area contributed by atoms with E-state index < -0.39 is 0 Å². The molecule has 57 heavy (non-hydrogen) atoms. The molecule has 2 aliphatic rings. The van der Waals surface area contributed by atoms with E-state index in [2.05, 4.69) is 176 Å². The first-order chi connectivity index (χ1) is 28.1. The highest BCUT2D eigenvalue weighted by Crippen LogP contribution is 2.38. The molecule has 0 saturated carbocycles. The van der Waals surface area contributed by atoms with Crippen LogP contribution in [0.5, 0.6) is 0 Å². The number of fused-ring (bicyclic) bond motifs is 5. The summed E-state index contributed by atoms with van der Waals surface area (Å²) in [6.07, 6.45) is 15.1. The number of allylic oxidation sites excluding steroid dienone is 4. The molecule has 0 N–H and O–H groups in total. The van der Waals surface area contributed by atoms with Crippen molar-refractivity contribution in [2.45, 2.75) is 46.5 Å². The Morgan fingerprint density at radius 3 is 2.25 bits per heavy atom. The van der Waals surface area contributed by atoms with Gasteiger partial charge in [-0.2, -0.15) is 0 Å². The van der Waals surface area contributed by atoms with Gasteiger partial charge in [-0.05, 0) is 102 Å². The van der Waals surface area contributed by atoms with Gasteiger partial charge >= 0.3 is 0 Å². The van der Waals surface area contributed by atoms with E-state index >= 15 is 0 Å². The summed E-state index contributed by atoms with van der Waals surface area (Å²) >= 11 is 0. The fourth-order valence-electron chi connectivity index (χ4n) is 8.44. The minimum atomic E-state index is 0.734. The minimum Gasteiger partial charge on any atom is -0.453 e. The lowest BCUT2D eigenvalue weighted by Crippen LogP contribution is -2.22. The van der Waals surface area contributed by atoms with Gasteiger partial charge in [-0.3, -0.25) is 0 Å². The average molecular weight is 739 g/mol. The highest BCUT2D eigenvalue weighted by atomic mass is 16.3.